The number of amides is 1. The van der Waals surface area contributed by atoms with Crippen LogP contribution in [0.2, 0.25) is 0 Å². The number of para-hydroxylation sites is 2. The first-order chi connectivity index (χ1) is 12.2. The normalized spacial score (nSPS) is 11.0. The van der Waals surface area contributed by atoms with Crippen molar-refractivity contribution in [1.29, 1.82) is 0 Å². The standard InChI is InChI=1S/C21H25N3O/c1-3-4-13-22-21(25)15-24-19-12-8-7-11-18(19)23-20(24)14-17-10-6-5-9-16(17)2/h5-12H,3-4,13-15H2,1-2H3,(H,22,25). The van der Waals surface area contributed by atoms with E-state index in [0.717, 1.165) is 42.7 Å². The third-order valence-electron chi connectivity index (χ3n) is 4.50. The van der Waals surface area contributed by atoms with Gasteiger partial charge in [-0.2, -0.15) is 0 Å². The van der Waals surface area contributed by atoms with Gasteiger partial charge in [-0.1, -0.05) is 49.7 Å². The lowest BCUT2D eigenvalue weighted by Gasteiger charge is -2.11. The van der Waals surface area contributed by atoms with Crippen molar-refractivity contribution in [2.45, 2.75) is 39.7 Å². The van der Waals surface area contributed by atoms with Crippen LogP contribution in [-0.2, 0) is 17.8 Å². The molecule has 0 saturated heterocycles. The van der Waals surface area contributed by atoms with Crippen LogP contribution in [0.3, 0.4) is 0 Å². The molecule has 0 bridgehead atoms. The second-order valence-corrected chi connectivity index (χ2v) is 6.41. The quantitative estimate of drug-likeness (QED) is 0.667. The van der Waals surface area contributed by atoms with E-state index in [9.17, 15) is 4.79 Å². The van der Waals surface area contributed by atoms with Gasteiger partial charge in [0.15, 0.2) is 0 Å². The fraction of sp³-hybridized carbons (Fsp3) is 0.333. The van der Waals surface area contributed by atoms with Gasteiger partial charge in [-0.3, -0.25) is 4.79 Å². The number of benzene rings is 2. The Hall–Kier alpha value is -2.62. The fourth-order valence-corrected chi connectivity index (χ4v) is 3.02. The molecule has 0 aliphatic heterocycles. The molecule has 0 aliphatic rings. The van der Waals surface area contributed by atoms with Crippen molar-refractivity contribution in [3.8, 4) is 0 Å². The second-order valence-electron chi connectivity index (χ2n) is 6.41. The van der Waals surface area contributed by atoms with Crippen LogP contribution in [0.5, 0.6) is 0 Å². The third kappa shape index (κ3) is 4.08. The van der Waals surface area contributed by atoms with Gasteiger partial charge < -0.3 is 9.88 Å². The molecule has 0 saturated carbocycles. The molecule has 2 aromatic carbocycles. The van der Waals surface area contributed by atoms with Gasteiger partial charge in [-0.25, -0.2) is 4.98 Å². The Morgan fingerprint density at radius 3 is 2.68 bits per heavy atom. The van der Waals surface area contributed by atoms with E-state index in [1.807, 2.05) is 41.0 Å². The lowest BCUT2D eigenvalue weighted by molar-refractivity contribution is -0.121. The molecule has 25 heavy (non-hydrogen) atoms. The van der Waals surface area contributed by atoms with Gasteiger partial charge in [0.2, 0.25) is 5.91 Å². The first-order valence-corrected chi connectivity index (χ1v) is 8.94. The van der Waals surface area contributed by atoms with Crippen LogP contribution in [0.25, 0.3) is 11.0 Å². The number of hydrogen-bond acceptors (Lipinski definition) is 2. The Balaban J connectivity index is 1.89. The maximum Gasteiger partial charge on any atom is 0.240 e. The summed E-state index contributed by atoms with van der Waals surface area (Å²) in [5, 5.41) is 3.00. The smallest absolute Gasteiger partial charge is 0.240 e. The van der Waals surface area contributed by atoms with Crippen LogP contribution in [0.1, 0.15) is 36.7 Å². The van der Waals surface area contributed by atoms with E-state index in [0.29, 0.717) is 6.54 Å². The second kappa shape index (κ2) is 7.97. The molecular weight excluding hydrogens is 310 g/mol. The molecule has 1 aromatic heterocycles. The number of fused-ring (bicyclic) bond motifs is 1. The van der Waals surface area contributed by atoms with E-state index in [1.165, 1.54) is 11.1 Å². The molecule has 0 spiro atoms. The van der Waals surface area contributed by atoms with Gasteiger partial charge in [0, 0.05) is 13.0 Å². The van der Waals surface area contributed by atoms with Crippen molar-refractivity contribution in [3.63, 3.8) is 0 Å². The predicted octanol–water partition coefficient (Wildman–Crippen LogP) is 3.85. The zero-order valence-corrected chi connectivity index (χ0v) is 15.0. The molecule has 0 fully saturated rings. The molecule has 4 nitrogen and oxygen atoms in total. The van der Waals surface area contributed by atoms with E-state index in [1.54, 1.807) is 0 Å². The topological polar surface area (TPSA) is 46.9 Å². The number of unbranched alkanes of at least 4 members (excludes halogenated alkanes) is 1. The lowest BCUT2D eigenvalue weighted by Crippen LogP contribution is -2.29. The summed E-state index contributed by atoms with van der Waals surface area (Å²) in [6.07, 6.45) is 2.81. The summed E-state index contributed by atoms with van der Waals surface area (Å²) in [5.74, 6) is 0.976. The van der Waals surface area contributed by atoms with Crippen LogP contribution in [0, 0.1) is 6.92 Å². The molecule has 3 aromatic rings. The Kier molecular flexibility index (Phi) is 5.49. The SMILES string of the molecule is CCCCNC(=O)Cn1c(Cc2ccccc2C)nc2ccccc21. The summed E-state index contributed by atoms with van der Waals surface area (Å²) < 4.78 is 2.04. The van der Waals surface area contributed by atoms with Crippen molar-refractivity contribution < 1.29 is 4.79 Å². The molecule has 0 radical (unpaired) electrons. The highest BCUT2D eigenvalue weighted by atomic mass is 16.1. The average molecular weight is 335 g/mol. The van der Waals surface area contributed by atoms with Gasteiger partial charge in [0.05, 0.1) is 11.0 Å². The highest BCUT2D eigenvalue weighted by Crippen LogP contribution is 2.20. The number of rotatable bonds is 7. The molecule has 4 heteroatoms. The molecule has 1 amide bonds. The minimum absolute atomic E-state index is 0.0441. The molecule has 0 atom stereocenters. The van der Waals surface area contributed by atoms with Crippen molar-refractivity contribution in [2.24, 2.45) is 0 Å². The average Bonchev–Trinajstić information content (AvgIpc) is 2.95. The Morgan fingerprint density at radius 2 is 1.88 bits per heavy atom. The molecule has 1 heterocycles. The first-order valence-electron chi connectivity index (χ1n) is 8.94. The van der Waals surface area contributed by atoms with Gasteiger partial charge in [0.1, 0.15) is 12.4 Å². The van der Waals surface area contributed by atoms with Crippen molar-refractivity contribution >= 4 is 16.9 Å². The number of nitrogens with one attached hydrogen (secondary N) is 1. The third-order valence-corrected chi connectivity index (χ3v) is 4.50. The molecule has 3 rings (SSSR count). The van der Waals surface area contributed by atoms with E-state index >= 15 is 0 Å². The Labute approximate surface area is 148 Å². The number of nitrogens with zero attached hydrogens (tertiary/aromatic N) is 2. The summed E-state index contributed by atoms with van der Waals surface area (Å²) in [6.45, 7) is 5.27. The van der Waals surface area contributed by atoms with Crippen LogP contribution in [0.4, 0.5) is 0 Å². The van der Waals surface area contributed by atoms with Crippen LogP contribution in [0.15, 0.2) is 48.5 Å². The Bertz CT molecular complexity index is 866. The zero-order chi connectivity index (χ0) is 17.6. The highest BCUT2D eigenvalue weighted by molar-refractivity contribution is 5.81. The summed E-state index contributed by atoms with van der Waals surface area (Å²) >= 11 is 0. The van der Waals surface area contributed by atoms with E-state index in [-0.39, 0.29) is 5.91 Å². The van der Waals surface area contributed by atoms with Gasteiger partial charge in [0.25, 0.3) is 0 Å². The van der Waals surface area contributed by atoms with E-state index in [2.05, 4.69) is 31.3 Å². The largest absolute Gasteiger partial charge is 0.355 e. The van der Waals surface area contributed by atoms with Crippen molar-refractivity contribution in [2.75, 3.05) is 6.54 Å². The van der Waals surface area contributed by atoms with Gasteiger partial charge in [-0.15, -0.1) is 0 Å². The number of aryl methyl sites for hydroxylation is 1. The zero-order valence-electron chi connectivity index (χ0n) is 15.0. The van der Waals surface area contributed by atoms with E-state index < -0.39 is 0 Å². The summed E-state index contributed by atoms with van der Waals surface area (Å²) in [7, 11) is 0. The summed E-state index contributed by atoms with van der Waals surface area (Å²) in [6, 6.07) is 16.3. The van der Waals surface area contributed by atoms with Gasteiger partial charge >= 0.3 is 0 Å². The maximum atomic E-state index is 12.3. The molecule has 1 N–H and O–H groups in total. The number of carbonyl (C=O) groups is 1. The summed E-state index contributed by atoms with van der Waals surface area (Å²) in [4.78, 5) is 17.1. The number of hydrogen-bond donors (Lipinski definition) is 1. The lowest BCUT2D eigenvalue weighted by atomic mass is 10.1. The molecule has 0 unspecified atom stereocenters. The Morgan fingerprint density at radius 1 is 1.12 bits per heavy atom. The number of imidazole rings is 1. The minimum Gasteiger partial charge on any atom is -0.355 e. The van der Waals surface area contributed by atoms with Crippen LogP contribution >= 0.6 is 0 Å². The van der Waals surface area contributed by atoms with Crippen molar-refractivity contribution in [1.82, 2.24) is 14.9 Å². The molecular formula is C21H25N3O. The number of carbonyl (C=O) groups excluding carboxylic acids is 1. The predicted molar refractivity (Wildman–Crippen MR) is 102 cm³/mol. The number of aromatic nitrogens is 2. The monoisotopic (exact) mass is 335 g/mol. The maximum absolute atomic E-state index is 12.3. The molecule has 130 valence electrons. The van der Waals surface area contributed by atoms with Gasteiger partial charge in [-0.05, 0) is 36.6 Å². The van der Waals surface area contributed by atoms with E-state index in [4.69, 9.17) is 4.98 Å². The first kappa shape index (κ1) is 17.2. The summed E-state index contributed by atoms with van der Waals surface area (Å²) in [5.41, 5.74) is 4.43. The van der Waals surface area contributed by atoms with Crippen molar-refractivity contribution in [3.05, 3.63) is 65.5 Å². The highest BCUT2D eigenvalue weighted by Gasteiger charge is 2.14. The fourth-order valence-electron chi connectivity index (χ4n) is 3.02. The molecule has 0 aliphatic carbocycles. The minimum atomic E-state index is 0.0441. The van der Waals surface area contributed by atoms with Crippen LogP contribution < -0.4 is 5.32 Å². The van der Waals surface area contributed by atoms with Crippen LogP contribution in [-0.4, -0.2) is 22.0 Å².